The SMILES string of the molecule is Cc1ccc2c(c1)B1c3cc(C4CCCCC4)ccc3N(c3ccccc3)c3cccc(c31)N2c1ccccc1. The maximum atomic E-state index is 2.58. The standard InChI is InChI=1S/C37H33BN2/c1-26-20-22-33-31(24-26)38-32-25-28(27-12-5-2-6-13-27)21-23-34(32)40(30-16-9-4-10-17-30)36-19-11-18-35(37(36)38)39(33)29-14-7-3-8-15-29/h3-4,7-11,14-25,27H,2,5-6,12-13H2,1H3. The molecule has 0 N–H and O–H groups in total. The second-order valence-electron chi connectivity index (χ2n) is 11.7. The minimum atomic E-state index is 0.194. The van der Waals surface area contributed by atoms with Gasteiger partial charge in [-0.3, -0.25) is 0 Å². The molecule has 5 aromatic carbocycles. The predicted octanol–water partition coefficient (Wildman–Crippen LogP) is 8.13. The van der Waals surface area contributed by atoms with Gasteiger partial charge in [-0.1, -0.05) is 91.6 Å². The summed E-state index contributed by atoms with van der Waals surface area (Å²) in [5, 5.41) is 0. The number of aryl methyl sites for hydroxylation is 1. The Hall–Kier alpha value is -4.24. The molecule has 1 saturated carbocycles. The first-order chi connectivity index (χ1) is 19.8. The topological polar surface area (TPSA) is 6.48 Å². The number of para-hydroxylation sites is 2. The summed E-state index contributed by atoms with van der Waals surface area (Å²) < 4.78 is 0. The summed E-state index contributed by atoms with van der Waals surface area (Å²) >= 11 is 0. The molecular formula is C37H33BN2. The second-order valence-corrected chi connectivity index (χ2v) is 11.7. The first kappa shape index (κ1) is 23.6. The summed E-state index contributed by atoms with van der Waals surface area (Å²) in [5.41, 5.74) is 14.6. The van der Waals surface area contributed by atoms with E-state index in [1.165, 1.54) is 93.7 Å². The first-order valence-corrected chi connectivity index (χ1v) is 14.9. The number of anilines is 6. The van der Waals surface area contributed by atoms with Crippen molar-refractivity contribution in [1.29, 1.82) is 0 Å². The summed E-state index contributed by atoms with van der Waals surface area (Å²) in [4.78, 5) is 4.97. The lowest BCUT2D eigenvalue weighted by Crippen LogP contribution is -2.61. The van der Waals surface area contributed by atoms with Crippen LogP contribution in [0, 0.1) is 6.92 Å². The van der Waals surface area contributed by atoms with E-state index in [9.17, 15) is 0 Å². The molecular weight excluding hydrogens is 483 g/mol. The molecule has 0 radical (unpaired) electrons. The van der Waals surface area contributed by atoms with Crippen molar-refractivity contribution in [3.63, 3.8) is 0 Å². The molecule has 8 rings (SSSR count). The van der Waals surface area contributed by atoms with Crippen LogP contribution < -0.4 is 26.2 Å². The van der Waals surface area contributed by atoms with E-state index < -0.39 is 0 Å². The average molecular weight is 516 g/mol. The van der Waals surface area contributed by atoms with Gasteiger partial charge in [0.2, 0.25) is 0 Å². The zero-order valence-corrected chi connectivity index (χ0v) is 23.1. The summed E-state index contributed by atoms with van der Waals surface area (Å²) in [6, 6.07) is 43.1. The van der Waals surface area contributed by atoms with Crippen LogP contribution >= 0.6 is 0 Å². The van der Waals surface area contributed by atoms with Crippen molar-refractivity contribution in [3.8, 4) is 0 Å². The van der Waals surface area contributed by atoms with Crippen LogP contribution in [-0.4, -0.2) is 6.71 Å². The van der Waals surface area contributed by atoms with Crippen molar-refractivity contribution in [3.05, 3.63) is 126 Å². The lowest BCUT2D eigenvalue weighted by molar-refractivity contribution is 0.444. The predicted molar refractivity (Wildman–Crippen MR) is 171 cm³/mol. The van der Waals surface area contributed by atoms with E-state index in [-0.39, 0.29) is 6.71 Å². The van der Waals surface area contributed by atoms with Crippen molar-refractivity contribution in [2.45, 2.75) is 44.9 Å². The van der Waals surface area contributed by atoms with Crippen molar-refractivity contribution in [2.24, 2.45) is 0 Å². The summed E-state index contributed by atoms with van der Waals surface area (Å²) in [5.74, 6) is 0.669. The molecule has 0 bridgehead atoms. The van der Waals surface area contributed by atoms with Gasteiger partial charge in [-0.15, -0.1) is 0 Å². The van der Waals surface area contributed by atoms with Gasteiger partial charge in [0.15, 0.2) is 0 Å². The molecule has 2 aliphatic heterocycles. The molecule has 40 heavy (non-hydrogen) atoms. The smallest absolute Gasteiger partial charge is 0.252 e. The molecule has 1 aliphatic carbocycles. The van der Waals surface area contributed by atoms with E-state index in [0.29, 0.717) is 5.92 Å². The van der Waals surface area contributed by atoms with Crippen LogP contribution in [0.4, 0.5) is 34.1 Å². The number of fused-ring (bicyclic) bond motifs is 4. The van der Waals surface area contributed by atoms with Gasteiger partial charge in [-0.25, -0.2) is 0 Å². The molecule has 0 saturated heterocycles. The van der Waals surface area contributed by atoms with E-state index in [0.717, 1.165) is 0 Å². The molecule has 0 spiro atoms. The second kappa shape index (κ2) is 9.45. The Balaban J connectivity index is 1.43. The molecule has 2 nitrogen and oxygen atoms in total. The quantitative estimate of drug-likeness (QED) is 0.219. The Morgan fingerprint density at radius 1 is 0.550 bits per heavy atom. The van der Waals surface area contributed by atoms with Crippen LogP contribution in [0.3, 0.4) is 0 Å². The van der Waals surface area contributed by atoms with E-state index in [1.54, 1.807) is 0 Å². The van der Waals surface area contributed by atoms with Gasteiger partial charge in [0, 0.05) is 34.1 Å². The monoisotopic (exact) mass is 516 g/mol. The number of hydrogen-bond donors (Lipinski definition) is 0. The van der Waals surface area contributed by atoms with Gasteiger partial charge in [-0.2, -0.15) is 0 Å². The van der Waals surface area contributed by atoms with Gasteiger partial charge >= 0.3 is 0 Å². The van der Waals surface area contributed by atoms with Gasteiger partial charge in [-0.05, 0) is 96.2 Å². The minimum absolute atomic E-state index is 0.194. The fraction of sp³-hybridized carbons (Fsp3) is 0.189. The third-order valence-electron chi connectivity index (χ3n) is 9.27. The summed E-state index contributed by atoms with van der Waals surface area (Å²) in [6.45, 7) is 2.42. The third kappa shape index (κ3) is 3.64. The Bertz CT molecular complexity index is 1690. The Morgan fingerprint density at radius 3 is 1.75 bits per heavy atom. The minimum Gasteiger partial charge on any atom is -0.311 e. The molecule has 5 aromatic rings. The third-order valence-corrected chi connectivity index (χ3v) is 9.27. The average Bonchev–Trinajstić information content (AvgIpc) is 3.02. The number of rotatable bonds is 3. The van der Waals surface area contributed by atoms with E-state index in [4.69, 9.17) is 0 Å². The van der Waals surface area contributed by atoms with Crippen molar-refractivity contribution in [1.82, 2.24) is 0 Å². The molecule has 0 amide bonds. The largest absolute Gasteiger partial charge is 0.311 e. The lowest BCUT2D eigenvalue weighted by atomic mass is 9.33. The molecule has 2 heterocycles. The van der Waals surface area contributed by atoms with Gasteiger partial charge in [0.25, 0.3) is 6.71 Å². The summed E-state index contributed by atoms with van der Waals surface area (Å²) in [6.07, 6.45) is 6.70. The van der Waals surface area contributed by atoms with Crippen LogP contribution in [0.25, 0.3) is 0 Å². The number of nitrogens with zero attached hydrogens (tertiary/aromatic N) is 2. The maximum Gasteiger partial charge on any atom is 0.252 e. The normalized spacial score (nSPS) is 15.9. The number of benzene rings is 5. The summed E-state index contributed by atoms with van der Waals surface area (Å²) in [7, 11) is 0. The lowest BCUT2D eigenvalue weighted by Gasteiger charge is -2.44. The molecule has 194 valence electrons. The fourth-order valence-corrected chi connectivity index (χ4v) is 7.48. The number of hydrogen-bond acceptors (Lipinski definition) is 2. The van der Waals surface area contributed by atoms with Crippen molar-refractivity contribution in [2.75, 3.05) is 9.80 Å². The van der Waals surface area contributed by atoms with E-state index >= 15 is 0 Å². The highest BCUT2D eigenvalue weighted by molar-refractivity contribution is 7.00. The highest BCUT2D eigenvalue weighted by Crippen LogP contribution is 2.44. The molecule has 3 heteroatoms. The van der Waals surface area contributed by atoms with Gasteiger partial charge in [0.05, 0.1) is 0 Å². The van der Waals surface area contributed by atoms with E-state index in [2.05, 4.69) is 132 Å². The van der Waals surface area contributed by atoms with Crippen molar-refractivity contribution >= 4 is 57.2 Å². The van der Waals surface area contributed by atoms with Crippen LogP contribution in [-0.2, 0) is 0 Å². The fourth-order valence-electron chi connectivity index (χ4n) is 7.48. The van der Waals surface area contributed by atoms with Gasteiger partial charge < -0.3 is 9.80 Å². The molecule has 0 unspecified atom stereocenters. The Morgan fingerprint density at radius 2 is 1.12 bits per heavy atom. The van der Waals surface area contributed by atoms with E-state index in [1.807, 2.05) is 0 Å². The van der Waals surface area contributed by atoms with Crippen LogP contribution in [0.5, 0.6) is 0 Å². The highest BCUT2D eigenvalue weighted by Gasteiger charge is 2.43. The van der Waals surface area contributed by atoms with Crippen LogP contribution in [0.15, 0.2) is 115 Å². The highest BCUT2D eigenvalue weighted by atomic mass is 15.2. The molecule has 1 fully saturated rings. The van der Waals surface area contributed by atoms with Crippen molar-refractivity contribution < 1.29 is 0 Å². The molecule has 0 aromatic heterocycles. The Kier molecular flexibility index (Phi) is 5.58. The first-order valence-electron chi connectivity index (χ1n) is 14.9. The molecule has 3 aliphatic rings. The van der Waals surface area contributed by atoms with Crippen LogP contribution in [0.2, 0.25) is 0 Å². The zero-order valence-electron chi connectivity index (χ0n) is 23.1. The zero-order chi connectivity index (χ0) is 26.6. The van der Waals surface area contributed by atoms with Gasteiger partial charge in [0.1, 0.15) is 0 Å². The Labute approximate surface area is 238 Å². The van der Waals surface area contributed by atoms with Crippen LogP contribution in [0.1, 0.15) is 49.1 Å². The molecule has 0 atom stereocenters. The maximum absolute atomic E-state index is 2.58.